The molecular weight excluding hydrogens is 511 g/mol. The summed E-state index contributed by atoms with van der Waals surface area (Å²) in [6.45, 7) is 2.28. The molecule has 0 saturated carbocycles. The molecule has 0 bridgehead atoms. The molecule has 0 unspecified atom stereocenters. The maximum Gasteiger partial charge on any atom is 0.337 e. The van der Waals surface area contributed by atoms with Crippen LogP contribution < -0.4 is 0 Å². The molecule has 1 aliphatic rings. The third-order valence-corrected chi connectivity index (χ3v) is 7.37. The van der Waals surface area contributed by atoms with Crippen molar-refractivity contribution >= 4 is 35.1 Å². The van der Waals surface area contributed by atoms with Gasteiger partial charge in [0.2, 0.25) is 5.91 Å². The minimum atomic E-state index is -0.408. The minimum absolute atomic E-state index is 0.0657. The van der Waals surface area contributed by atoms with Crippen molar-refractivity contribution < 1.29 is 19.4 Å². The lowest BCUT2D eigenvalue weighted by Crippen LogP contribution is -2.41. The van der Waals surface area contributed by atoms with Crippen LogP contribution in [0, 0.1) is 0 Å². The van der Waals surface area contributed by atoms with Crippen molar-refractivity contribution in [2.75, 3.05) is 26.7 Å². The summed E-state index contributed by atoms with van der Waals surface area (Å²) in [5.41, 5.74) is 3.12. The lowest BCUT2D eigenvalue weighted by molar-refractivity contribution is -0.134. The van der Waals surface area contributed by atoms with Crippen molar-refractivity contribution in [1.82, 2.24) is 9.80 Å². The van der Waals surface area contributed by atoms with Crippen molar-refractivity contribution in [2.24, 2.45) is 0 Å². The van der Waals surface area contributed by atoms with Gasteiger partial charge in [0.1, 0.15) is 0 Å². The van der Waals surface area contributed by atoms with E-state index in [4.69, 9.17) is 27.9 Å². The Morgan fingerprint density at radius 1 is 1.03 bits per heavy atom. The number of carbonyl (C=O) groups is 2. The first-order valence-corrected chi connectivity index (χ1v) is 13.0. The summed E-state index contributed by atoms with van der Waals surface area (Å²) in [6.07, 6.45) is 0.513. The Morgan fingerprint density at radius 2 is 1.73 bits per heavy atom. The number of hydrogen-bond donors (Lipinski definition) is 1. The monoisotopic (exact) mass is 540 g/mol. The second kappa shape index (κ2) is 12.6. The fraction of sp³-hybridized carbons (Fsp3) is 0.310. The van der Waals surface area contributed by atoms with Crippen molar-refractivity contribution in [2.45, 2.75) is 31.5 Å². The van der Waals surface area contributed by atoms with Gasteiger partial charge in [-0.15, -0.1) is 0 Å². The number of rotatable bonds is 9. The second-order valence-corrected chi connectivity index (χ2v) is 10.1. The van der Waals surface area contributed by atoms with E-state index >= 15 is 0 Å². The Kier molecular flexibility index (Phi) is 9.22. The summed E-state index contributed by atoms with van der Waals surface area (Å²) in [4.78, 5) is 29.9. The van der Waals surface area contributed by atoms with Gasteiger partial charge in [-0.25, -0.2) is 4.79 Å². The number of methoxy groups -OCH3 is 1. The fourth-order valence-electron chi connectivity index (χ4n) is 4.64. The van der Waals surface area contributed by atoms with Crippen LogP contribution in [0.1, 0.15) is 39.5 Å². The summed E-state index contributed by atoms with van der Waals surface area (Å²) >= 11 is 12.3. The van der Waals surface area contributed by atoms with Crippen LogP contribution in [0.4, 0.5) is 0 Å². The molecule has 194 valence electrons. The van der Waals surface area contributed by atoms with Gasteiger partial charge in [-0.05, 0) is 47.4 Å². The third-order valence-electron chi connectivity index (χ3n) is 6.63. The number of aliphatic hydroxyl groups excluding tert-OH is 1. The number of nitrogens with zero attached hydrogens (tertiary/aromatic N) is 2. The van der Waals surface area contributed by atoms with Gasteiger partial charge in [-0.1, -0.05) is 71.7 Å². The lowest BCUT2D eigenvalue weighted by Gasteiger charge is -2.35. The Balaban J connectivity index is 1.67. The maximum absolute atomic E-state index is 13.9. The van der Waals surface area contributed by atoms with Crippen molar-refractivity contribution in [1.29, 1.82) is 0 Å². The maximum atomic E-state index is 13.9. The molecule has 3 aromatic rings. The first-order valence-electron chi connectivity index (χ1n) is 12.2. The number of amides is 1. The molecule has 1 fully saturated rings. The predicted molar refractivity (Wildman–Crippen MR) is 145 cm³/mol. The zero-order valence-corrected chi connectivity index (χ0v) is 22.2. The summed E-state index contributed by atoms with van der Waals surface area (Å²) < 4.78 is 4.81. The summed E-state index contributed by atoms with van der Waals surface area (Å²) in [5, 5.41) is 11.0. The molecule has 2 atom stereocenters. The van der Waals surface area contributed by atoms with E-state index in [0.717, 1.165) is 23.2 Å². The number of likely N-dealkylation sites (tertiary alicyclic amines) is 1. The number of halogens is 2. The van der Waals surface area contributed by atoms with Gasteiger partial charge in [0, 0.05) is 26.2 Å². The number of aliphatic hydroxyl groups is 1. The molecule has 37 heavy (non-hydrogen) atoms. The smallest absolute Gasteiger partial charge is 0.337 e. The van der Waals surface area contributed by atoms with E-state index in [1.807, 2.05) is 53.4 Å². The molecule has 3 aromatic carbocycles. The van der Waals surface area contributed by atoms with E-state index in [1.165, 1.54) is 7.11 Å². The van der Waals surface area contributed by atoms with Gasteiger partial charge in [0.05, 0.1) is 41.3 Å². The van der Waals surface area contributed by atoms with Gasteiger partial charge in [-0.3, -0.25) is 9.69 Å². The molecule has 0 aliphatic carbocycles. The number of carbonyl (C=O) groups excluding carboxylic acids is 2. The Labute approximate surface area is 227 Å². The second-order valence-electron chi connectivity index (χ2n) is 9.26. The molecule has 1 saturated heterocycles. The van der Waals surface area contributed by atoms with E-state index in [0.29, 0.717) is 41.7 Å². The minimum Gasteiger partial charge on any atom is -0.465 e. The SMILES string of the molecule is COC(=O)c1ccc(CN(C(=O)Cc2ccc(Cl)c(Cl)c2)[C@H](CN2CC[C@H](O)C2)c2ccccc2)cc1. The zero-order chi connectivity index (χ0) is 26.4. The quantitative estimate of drug-likeness (QED) is 0.379. The van der Waals surface area contributed by atoms with Crippen LogP contribution in [0.25, 0.3) is 0 Å². The number of esters is 1. The van der Waals surface area contributed by atoms with Crippen molar-refractivity contribution in [3.05, 3.63) is 105 Å². The van der Waals surface area contributed by atoms with Crippen LogP contribution in [0.5, 0.6) is 0 Å². The van der Waals surface area contributed by atoms with Crippen LogP contribution in [0.2, 0.25) is 10.0 Å². The van der Waals surface area contributed by atoms with E-state index in [-0.39, 0.29) is 24.5 Å². The molecule has 0 spiro atoms. The lowest BCUT2D eigenvalue weighted by atomic mass is 10.0. The molecule has 0 aromatic heterocycles. The standard InChI is InChI=1S/C29H30Cl2N2O4/c1-37-29(36)23-10-7-20(8-11-23)17-33(28(35)16-21-9-12-25(30)26(31)15-21)27(22-5-3-2-4-6-22)19-32-14-13-24(34)18-32/h2-12,15,24,27,34H,13-14,16-19H2,1H3/t24-,27+/m0/s1. The Hall–Kier alpha value is -2.90. The van der Waals surface area contributed by atoms with Gasteiger partial charge >= 0.3 is 5.97 Å². The topological polar surface area (TPSA) is 70.1 Å². The van der Waals surface area contributed by atoms with Gasteiger partial charge < -0.3 is 14.7 Å². The summed E-state index contributed by atoms with van der Waals surface area (Å²) in [6, 6.07) is 22.0. The highest BCUT2D eigenvalue weighted by molar-refractivity contribution is 6.42. The first kappa shape index (κ1) is 27.1. The number of ether oxygens (including phenoxy) is 1. The Bertz CT molecular complexity index is 1220. The fourth-order valence-corrected chi connectivity index (χ4v) is 4.96. The highest BCUT2D eigenvalue weighted by Gasteiger charge is 2.30. The normalized spacial score (nSPS) is 16.4. The number of benzene rings is 3. The molecule has 0 radical (unpaired) electrons. The van der Waals surface area contributed by atoms with Crippen LogP contribution in [-0.4, -0.2) is 59.6 Å². The molecule has 4 rings (SSSR count). The Morgan fingerprint density at radius 3 is 2.35 bits per heavy atom. The van der Waals surface area contributed by atoms with E-state index < -0.39 is 5.97 Å². The first-order chi connectivity index (χ1) is 17.8. The predicted octanol–water partition coefficient (Wildman–Crippen LogP) is 5.16. The number of hydrogen-bond acceptors (Lipinski definition) is 5. The zero-order valence-electron chi connectivity index (χ0n) is 20.6. The van der Waals surface area contributed by atoms with Gasteiger partial charge in [0.25, 0.3) is 0 Å². The van der Waals surface area contributed by atoms with Gasteiger partial charge in [-0.2, -0.15) is 0 Å². The van der Waals surface area contributed by atoms with Crippen molar-refractivity contribution in [3.63, 3.8) is 0 Å². The molecule has 1 N–H and O–H groups in total. The average molecular weight is 541 g/mol. The molecule has 1 heterocycles. The highest BCUT2D eigenvalue weighted by Crippen LogP contribution is 2.28. The third kappa shape index (κ3) is 7.11. The molecule has 1 aliphatic heterocycles. The van der Waals surface area contributed by atoms with Gasteiger partial charge in [0.15, 0.2) is 0 Å². The molecule has 8 heteroatoms. The highest BCUT2D eigenvalue weighted by atomic mass is 35.5. The van der Waals surface area contributed by atoms with Crippen LogP contribution in [0.3, 0.4) is 0 Å². The molecule has 1 amide bonds. The van der Waals surface area contributed by atoms with E-state index in [1.54, 1.807) is 24.3 Å². The molecule has 6 nitrogen and oxygen atoms in total. The van der Waals surface area contributed by atoms with E-state index in [2.05, 4.69) is 4.90 Å². The summed E-state index contributed by atoms with van der Waals surface area (Å²) in [7, 11) is 1.35. The van der Waals surface area contributed by atoms with Crippen molar-refractivity contribution in [3.8, 4) is 0 Å². The molecular formula is C29H30Cl2N2O4. The van der Waals surface area contributed by atoms with Crippen LogP contribution in [0.15, 0.2) is 72.8 Å². The van der Waals surface area contributed by atoms with E-state index in [9.17, 15) is 14.7 Å². The summed E-state index contributed by atoms with van der Waals surface area (Å²) in [5.74, 6) is -0.474. The van der Waals surface area contributed by atoms with Crippen LogP contribution >= 0.6 is 23.2 Å². The largest absolute Gasteiger partial charge is 0.465 e. The number of β-amino-alcohol motifs (C(OH)–C–C–N with tert-alkyl or cyclic N) is 1. The average Bonchev–Trinajstić information content (AvgIpc) is 3.33. The van der Waals surface area contributed by atoms with Crippen LogP contribution in [-0.2, 0) is 22.5 Å².